The van der Waals surface area contributed by atoms with Gasteiger partial charge in [-0.25, -0.2) is 4.39 Å². The monoisotopic (exact) mass is 413 g/mol. The van der Waals surface area contributed by atoms with Gasteiger partial charge < -0.3 is 23.6 Å². The summed E-state index contributed by atoms with van der Waals surface area (Å²) in [6.45, 7) is 0.388. The van der Waals surface area contributed by atoms with Crippen LogP contribution in [0, 0.1) is 5.82 Å². The Kier molecular flexibility index (Phi) is 5.26. The summed E-state index contributed by atoms with van der Waals surface area (Å²) < 4.78 is 34.7. The van der Waals surface area contributed by atoms with E-state index in [4.69, 9.17) is 18.7 Å². The van der Waals surface area contributed by atoms with Crippen molar-refractivity contribution < 1.29 is 27.9 Å². The van der Waals surface area contributed by atoms with Crippen LogP contribution in [-0.2, 0) is 4.79 Å². The Labute approximate surface area is 172 Å². The molecular formula is C21H20FN3O5. The van der Waals surface area contributed by atoms with Crippen LogP contribution in [-0.4, -0.2) is 43.9 Å². The lowest BCUT2D eigenvalue weighted by molar-refractivity contribution is -0.117. The lowest BCUT2D eigenvalue weighted by atomic mass is 10.1. The van der Waals surface area contributed by atoms with Gasteiger partial charge in [0.1, 0.15) is 5.82 Å². The van der Waals surface area contributed by atoms with Crippen LogP contribution in [0.15, 0.2) is 40.9 Å². The molecule has 3 aromatic rings. The Morgan fingerprint density at radius 3 is 2.33 bits per heavy atom. The van der Waals surface area contributed by atoms with Crippen LogP contribution >= 0.6 is 0 Å². The minimum Gasteiger partial charge on any atom is -0.493 e. The number of carbonyl (C=O) groups is 1. The zero-order valence-corrected chi connectivity index (χ0v) is 16.7. The summed E-state index contributed by atoms with van der Waals surface area (Å²) in [5.41, 5.74) is 1.24. The molecule has 8 nitrogen and oxygen atoms in total. The van der Waals surface area contributed by atoms with Crippen molar-refractivity contribution in [3.8, 4) is 28.7 Å². The standard InChI is InChI=1S/C21H20FN3O5/c1-27-16-8-12(9-17(28-2)19(16)29-3)21-23-20(24-30-21)13-10-18(26)25(11-13)15-6-4-14(22)5-7-15/h4-9,13H,10-11H2,1-3H3. The third-order valence-electron chi connectivity index (χ3n) is 4.98. The molecule has 0 saturated carbocycles. The first-order chi connectivity index (χ1) is 14.5. The van der Waals surface area contributed by atoms with E-state index >= 15 is 0 Å². The minimum absolute atomic E-state index is 0.0780. The molecule has 0 bridgehead atoms. The molecule has 1 unspecified atom stereocenters. The lowest BCUT2D eigenvalue weighted by Crippen LogP contribution is -2.24. The van der Waals surface area contributed by atoms with Crippen molar-refractivity contribution in [2.45, 2.75) is 12.3 Å². The van der Waals surface area contributed by atoms with Crippen molar-refractivity contribution in [3.63, 3.8) is 0 Å². The second kappa shape index (κ2) is 8.02. The number of halogens is 1. The predicted molar refractivity (Wildman–Crippen MR) is 106 cm³/mol. The maximum atomic E-state index is 13.2. The third-order valence-corrected chi connectivity index (χ3v) is 4.98. The Morgan fingerprint density at radius 2 is 1.73 bits per heavy atom. The number of anilines is 1. The van der Waals surface area contributed by atoms with Gasteiger partial charge in [-0.1, -0.05) is 5.16 Å². The van der Waals surface area contributed by atoms with E-state index in [-0.39, 0.29) is 30.0 Å². The van der Waals surface area contributed by atoms with Crippen molar-refractivity contribution in [2.24, 2.45) is 0 Å². The van der Waals surface area contributed by atoms with E-state index < -0.39 is 0 Å². The summed E-state index contributed by atoms with van der Waals surface area (Å²) in [6, 6.07) is 9.23. The molecule has 1 aliphatic heterocycles. The number of hydrogen-bond donors (Lipinski definition) is 0. The van der Waals surface area contributed by atoms with Gasteiger partial charge in [0.25, 0.3) is 5.89 Å². The topological polar surface area (TPSA) is 86.9 Å². The molecule has 9 heteroatoms. The first-order valence-corrected chi connectivity index (χ1v) is 9.24. The highest BCUT2D eigenvalue weighted by Crippen LogP contribution is 2.41. The number of benzene rings is 2. The second-order valence-electron chi connectivity index (χ2n) is 6.75. The molecule has 4 rings (SSSR count). The summed E-state index contributed by atoms with van der Waals surface area (Å²) in [4.78, 5) is 18.5. The van der Waals surface area contributed by atoms with Crippen LogP contribution in [0.4, 0.5) is 10.1 Å². The fourth-order valence-corrected chi connectivity index (χ4v) is 3.47. The molecule has 156 valence electrons. The molecule has 2 aromatic carbocycles. The Hall–Kier alpha value is -3.62. The Morgan fingerprint density at radius 1 is 1.07 bits per heavy atom. The van der Waals surface area contributed by atoms with E-state index in [9.17, 15) is 9.18 Å². The quantitative estimate of drug-likeness (QED) is 0.612. The number of methoxy groups -OCH3 is 3. The molecule has 1 saturated heterocycles. The summed E-state index contributed by atoms with van der Waals surface area (Å²) in [5, 5.41) is 4.07. The molecule has 1 aromatic heterocycles. The zero-order valence-electron chi connectivity index (χ0n) is 16.7. The van der Waals surface area contributed by atoms with Crippen molar-refractivity contribution >= 4 is 11.6 Å². The van der Waals surface area contributed by atoms with Gasteiger partial charge in [-0.3, -0.25) is 4.79 Å². The van der Waals surface area contributed by atoms with Gasteiger partial charge >= 0.3 is 0 Å². The lowest BCUT2D eigenvalue weighted by Gasteiger charge is -2.15. The minimum atomic E-state index is -0.352. The van der Waals surface area contributed by atoms with Crippen LogP contribution in [0.3, 0.4) is 0 Å². The van der Waals surface area contributed by atoms with Crippen molar-refractivity contribution in [1.82, 2.24) is 10.1 Å². The fraction of sp³-hybridized carbons (Fsp3) is 0.286. The number of hydrogen-bond acceptors (Lipinski definition) is 7. The molecule has 1 fully saturated rings. The molecular weight excluding hydrogens is 393 g/mol. The molecule has 0 radical (unpaired) electrons. The third kappa shape index (κ3) is 3.54. The van der Waals surface area contributed by atoms with Crippen LogP contribution < -0.4 is 19.1 Å². The van der Waals surface area contributed by atoms with E-state index in [0.29, 0.717) is 40.9 Å². The Bertz CT molecular complexity index is 1040. The summed E-state index contributed by atoms with van der Waals surface area (Å²) in [6.07, 6.45) is 0.242. The maximum Gasteiger partial charge on any atom is 0.258 e. The van der Waals surface area contributed by atoms with Crippen molar-refractivity contribution in [3.05, 3.63) is 48.0 Å². The van der Waals surface area contributed by atoms with Crippen LogP contribution in [0.2, 0.25) is 0 Å². The highest BCUT2D eigenvalue weighted by molar-refractivity contribution is 5.96. The van der Waals surface area contributed by atoms with Gasteiger partial charge in [-0.05, 0) is 36.4 Å². The normalized spacial score (nSPS) is 16.1. The number of rotatable bonds is 6. The van der Waals surface area contributed by atoms with Crippen LogP contribution in [0.1, 0.15) is 18.2 Å². The molecule has 0 aliphatic carbocycles. The molecule has 0 spiro atoms. The smallest absolute Gasteiger partial charge is 0.258 e. The van der Waals surface area contributed by atoms with Crippen LogP contribution in [0.5, 0.6) is 17.2 Å². The number of aromatic nitrogens is 2. The highest BCUT2D eigenvalue weighted by Gasteiger charge is 2.34. The molecule has 30 heavy (non-hydrogen) atoms. The number of carbonyl (C=O) groups excluding carboxylic acids is 1. The molecule has 1 amide bonds. The maximum absolute atomic E-state index is 13.2. The first-order valence-electron chi connectivity index (χ1n) is 9.24. The average molecular weight is 413 g/mol. The van der Waals surface area contributed by atoms with Crippen LogP contribution in [0.25, 0.3) is 11.5 Å². The van der Waals surface area contributed by atoms with Gasteiger partial charge in [-0.15, -0.1) is 0 Å². The zero-order chi connectivity index (χ0) is 21.3. The summed E-state index contributed by atoms with van der Waals surface area (Å²) in [5.74, 6) is 1.42. The summed E-state index contributed by atoms with van der Waals surface area (Å²) >= 11 is 0. The van der Waals surface area contributed by atoms with Gasteiger partial charge in [0.15, 0.2) is 17.3 Å². The predicted octanol–water partition coefficient (Wildman–Crippen LogP) is 3.42. The second-order valence-corrected chi connectivity index (χ2v) is 6.75. The molecule has 1 aliphatic rings. The van der Waals surface area contributed by atoms with Gasteiger partial charge in [0, 0.05) is 30.1 Å². The van der Waals surface area contributed by atoms with Gasteiger partial charge in [0.2, 0.25) is 11.7 Å². The average Bonchev–Trinajstić information content (AvgIpc) is 3.40. The van der Waals surface area contributed by atoms with E-state index in [1.807, 2.05) is 0 Å². The van der Waals surface area contributed by atoms with Crippen molar-refractivity contribution in [1.29, 1.82) is 0 Å². The highest BCUT2D eigenvalue weighted by atomic mass is 19.1. The Balaban J connectivity index is 1.59. The van der Waals surface area contributed by atoms with Gasteiger partial charge in [0.05, 0.1) is 21.3 Å². The molecule has 2 heterocycles. The largest absolute Gasteiger partial charge is 0.493 e. The van der Waals surface area contributed by atoms with E-state index in [2.05, 4.69) is 10.1 Å². The first kappa shape index (κ1) is 19.7. The van der Waals surface area contributed by atoms with E-state index in [1.165, 1.54) is 33.5 Å². The number of nitrogens with zero attached hydrogens (tertiary/aromatic N) is 3. The number of amides is 1. The number of ether oxygens (including phenoxy) is 3. The fourth-order valence-electron chi connectivity index (χ4n) is 3.47. The van der Waals surface area contributed by atoms with Crippen molar-refractivity contribution in [2.75, 3.05) is 32.8 Å². The summed E-state index contributed by atoms with van der Waals surface area (Å²) in [7, 11) is 4.57. The van der Waals surface area contributed by atoms with E-state index in [0.717, 1.165) is 0 Å². The van der Waals surface area contributed by atoms with E-state index in [1.54, 1.807) is 29.2 Å². The molecule has 1 atom stereocenters. The SMILES string of the molecule is COc1cc(-c2nc(C3CC(=O)N(c4ccc(F)cc4)C3)no2)cc(OC)c1OC. The molecule has 0 N–H and O–H groups in total. The van der Waals surface area contributed by atoms with Gasteiger partial charge in [-0.2, -0.15) is 4.98 Å².